The fourth-order valence-electron chi connectivity index (χ4n) is 2.39. The first-order chi connectivity index (χ1) is 9.65. The molecule has 4 nitrogen and oxygen atoms in total. The largest absolute Gasteiger partial charge is 0.323 e. The number of allylic oxidation sites excluding steroid dienone is 1. The Bertz CT molecular complexity index is 517. The van der Waals surface area contributed by atoms with Crippen LogP contribution in [0.15, 0.2) is 36.5 Å². The van der Waals surface area contributed by atoms with Crippen LogP contribution in [-0.4, -0.2) is 11.8 Å². The lowest BCUT2D eigenvalue weighted by molar-refractivity contribution is 0.101. The molecule has 0 radical (unpaired) electrons. The van der Waals surface area contributed by atoms with Crippen LogP contribution >= 0.6 is 0 Å². The van der Waals surface area contributed by atoms with Crippen molar-refractivity contribution in [2.75, 3.05) is 5.32 Å². The van der Waals surface area contributed by atoms with Crippen molar-refractivity contribution in [3.63, 3.8) is 0 Å². The molecule has 2 amide bonds. The lowest BCUT2D eigenvalue weighted by atomic mass is 10.1. The summed E-state index contributed by atoms with van der Waals surface area (Å²) in [4.78, 5) is 23.0. The molecule has 2 rings (SSSR count). The van der Waals surface area contributed by atoms with Crippen LogP contribution in [0.2, 0.25) is 0 Å². The number of Topliss-reactive ketones (excluding diaryl/α,β-unsaturated/α-hetero) is 1. The van der Waals surface area contributed by atoms with E-state index in [1.807, 2.05) is 0 Å². The highest BCUT2D eigenvalue weighted by Gasteiger charge is 2.11. The summed E-state index contributed by atoms with van der Waals surface area (Å²) in [6.07, 6.45) is 8.73. The topological polar surface area (TPSA) is 58.2 Å². The summed E-state index contributed by atoms with van der Waals surface area (Å²) in [6, 6.07) is 6.61. The number of amides is 2. The predicted molar refractivity (Wildman–Crippen MR) is 79.7 cm³/mol. The molecule has 1 fully saturated rings. The van der Waals surface area contributed by atoms with Gasteiger partial charge in [-0.25, -0.2) is 4.79 Å². The van der Waals surface area contributed by atoms with Gasteiger partial charge in [0.25, 0.3) is 0 Å². The van der Waals surface area contributed by atoms with E-state index in [9.17, 15) is 9.59 Å². The molecule has 20 heavy (non-hydrogen) atoms. The zero-order valence-corrected chi connectivity index (χ0v) is 11.7. The van der Waals surface area contributed by atoms with Crippen LogP contribution in [0.4, 0.5) is 10.5 Å². The summed E-state index contributed by atoms with van der Waals surface area (Å²) in [7, 11) is 0. The summed E-state index contributed by atoms with van der Waals surface area (Å²) in [5.74, 6) is 0.575. The average molecular weight is 272 g/mol. The maximum Gasteiger partial charge on any atom is 0.323 e. The van der Waals surface area contributed by atoms with Crippen molar-refractivity contribution in [2.24, 2.45) is 5.92 Å². The molecule has 0 atom stereocenters. The molecule has 1 saturated carbocycles. The third-order valence-electron chi connectivity index (χ3n) is 3.51. The number of urea groups is 1. The first-order valence-corrected chi connectivity index (χ1v) is 7.00. The smallest absolute Gasteiger partial charge is 0.315 e. The van der Waals surface area contributed by atoms with Gasteiger partial charge in [-0.2, -0.15) is 0 Å². The molecule has 0 spiro atoms. The normalized spacial score (nSPS) is 15.4. The van der Waals surface area contributed by atoms with Gasteiger partial charge in [0.2, 0.25) is 0 Å². The molecule has 0 unspecified atom stereocenters. The third-order valence-corrected chi connectivity index (χ3v) is 3.51. The van der Waals surface area contributed by atoms with Crippen molar-refractivity contribution < 1.29 is 9.59 Å². The third kappa shape index (κ3) is 4.23. The highest BCUT2D eigenvalue weighted by Crippen LogP contribution is 2.25. The number of nitrogens with one attached hydrogen (secondary N) is 2. The highest BCUT2D eigenvalue weighted by atomic mass is 16.2. The predicted octanol–water partition coefficient (Wildman–Crippen LogP) is 3.71. The Morgan fingerprint density at radius 1 is 1.25 bits per heavy atom. The number of benzene rings is 1. The van der Waals surface area contributed by atoms with E-state index in [1.54, 1.807) is 30.5 Å². The molecule has 0 bridgehead atoms. The van der Waals surface area contributed by atoms with E-state index in [1.165, 1.54) is 32.6 Å². The number of carbonyl (C=O) groups is 2. The monoisotopic (exact) mass is 272 g/mol. The molecular weight excluding hydrogens is 252 g/mol. The van der Waals surface area contributed by atoms with E-state index < -0.39 is 0 Å². The molecule has 1 aromatic rings. The molecule has 1 aliphatic carbocycles. The second-order valence-corrected chi connectivity index (χ2v) is 5.14. The highest BCUT2D eigenvalue weighted by molar-refractivity contribution is 5.96. The second-order valence-electron chi connectivity index (χ2n) is 5.14. The fraction of sp³-hybridized carbons (Fsp3) is 0.375. The van der Waals surface area contributed by atoms with Crippen molar-refractivity contribution in [3.8, 4) is 0 Å². The van der Waals surface area contributed by atoms with Crippen molar-refractivity contribution in [3.05, 3.63) is 42.1 Å². The van der Waals surface area contributed by atoms with Crippen LogP contribution in [0, 0.1) is 5.92 Å². The van der Waals surface area contributed by atoms with Gasteiger partial charge in [-0.05, 0) is 37.8 Å². The summed E-state index contributed by atoms with van der Waals surface area (Å²) in [6.45, 7) is 1.50. The number of carbonyl (C=O) groups excluding carboxylic acids is 2. The SMILES string of the molecule is CC(=O)c1cccc(NC(=O)N/C=C/C2CCCC2)c1. The summed E-state index contributed by atoms with van der Waals surface area (Å²) < 4.78 is 0. The van der Waals surface area contributed by atoms with Gasteiger partial charge in [-0.1, -0.05) is 31.1 Å². The Morgan fingerprint density at radius 2 is 2.00 bits per heavy atom. The van der Waals surface area contributed by atoms with Gasteiger partial charge in [-0.15, -0.1) is 0 Å². The Morgan fingerprint density at radius 3 is 2.70 bits per heavy atom. The molecule has 4 heteroatoms. The second kappa shape index (κ2) is 6.89. The van der Waals surface area contributed by atoms with Crippen molar-refractivity contribution in [1.82, 2.24) is 5.32 Å². The Balaban J connectivity index is 1.84. The maximum atomic E-state index is 11.7. The Hall–Kier alpha value is -2.10. The van der Waals surface area contributed by atoms with Crippen LogP contribution in [0.3, 0.4) is 0 Å². The van der Waals surface area contributed by atoms with Crippen molar-refractivity contribution >= 4 is 17.5 Å². The van der Waals surface area contributed by atoms with E-state index in [0.29, 0.717) is 17.2 Å². The molecule has 2 N–H and O–H groups in total. The summed E-state index contributed by atoms with van der Waals surface area (Å²) >= 11 is 0. The quantitative estimate of drug-likeness (QED) is 0.821. The number of hydrogen-bond acceptors (Lipinski definition) is 2. The van der Waals surface area contributed by atoms with E-state index in [4.69, 9.17) is 0 Å². The van der Waals surface area contributed by atoms with Crippen molar-refractivity contribution in [1.29, 1.82) is 0 Å². The zero-order valence-electron chi connectivity index (χ0n) is 11.7. The first kappa shape index (κ1) is 14.3. The Labute approximate surface area is 119 Å². The Kier molecular flexibility index (Phi) is 4.93. The molecule has 1 aromatic carbocycles. The van der Waals surface area contributed by atoms with E-state index in [-0.39, 0.29) is 11.8 Å². The molecule has 0 heterocycles. The standard InChI is InChI=1S/C16H20N2O2/c1-12(19)14-7-4-8-15(11-14)18-16(20)17-10-9-13-5-2-3-6-13/h4,7-11,13H,2-3,5-6H2,1H3,(H2,17,18,20)/b10-9+. The van der Waals surface area contributed by atoms with Crippen LogP contribution in [0.25, 0.3) is 0 Å². The molecule has 106 valence electrons. The van der Waals surface area contributed by atoms with Crippen LogP contribution in [-0.2, 0) is 0 Å². The summed E-state index contributed by atoms with van der Waals surface area (Å²) in [5.41, 5.74) is 1.20. The van der Waals surface area contributed by atoms with Gasteiger partial charge < -0.3 is 10.6 Å². The number of ketones is 1. The van der Waals surface area contributed by atoms with Crippen LogP contribution < -0.4 is 10.6 Å². The number of anilines is 1. The lowest BCUT2D eigenvalue weighted by Gasteiger charge is -2.06. The van der Waals surface area contributed by atoms with Gasteiger partial charge in [0, 0.05) is 17.5 Å². The zero-order chi connectivity index (χ0) is 14.4. The van der Waals surface area contributed by atoms with Gasteiger partial charge in [0.05, 0.1) is 0 Å². The number of hydrogen-bond donors (Lipinski definition) is 2. The molecular formula is C16H20N2O2. The van der Waals surface area contributed by atoms with Crippen LogP contribution in [0.1, 0.15) is 43.0 Å². The fourth-order valence-corrected chi connectivity index (χ4v) is 2.39. The van der Waals surface area contributed by atoms with E-state index in [0.717, 1.165) is 0 Å². The molecule has 0 aromatic heterocycles. The van der Waals surface area contributed by atoms with Gasteiger partial charge >= 0.3 is 6.03 Å². The van der Waals surface area contributed by atoms with E-state index in [2.05, 4.69) is 16.7 Å². The maximum absolute atomic E-state index is 11.7. The van der Waals surface area contributed by atoms with Crippen LogP contribution in [0.5, 0.6) is 0 Å². The van der Waals surface area contributed by atoms with Gasteiger partial charge in [0.1, 0.15) is 0 Å². The van der Waals surface area contributed by atoms with Gasteiger partial charge in [-0.3, -0.25) is 4.79 Å². The minimum atomic E-state index is -0.292. The molecule has 0 saturated heterocycles. The lowest BCUT2D eigenvalue weighted by Crippen LogP contribution is -2.24. The molecule has 0 aliphatic heterocycles. The number of rotatable bonds is 4. The minimum absolute atomic E-state index is 0.0183. The first-order valence-electron chi connectivity index (χ1n) is 7.00. The van der Waals surface area contributed by atoms with Gasteiger partial charge in [0.15, 0.2) is 5.78 Å². The molecule has 1 aliphatic rings. The minimum Gasteiger partial charge on any atom is -0.315 e. The summed E-state index contributed by atoms with van der Waals surface area (Å²) in [5, 5.41) is 5.40. The average Bonchev–Trinajstić information content (AvgIpc) is 2.92. The van der Waals surface area contributed by atoms with E-state index >= 15 is 0 Å². The van der Waals surface area contributed by atoms with Crippen molar-refractivity contribution in [2.45, 2.75) is 32.6 Å².